The minimum atomic E-state index is -0.943. The molecule has 44 heavy (non-hydrogen) atoms. The van der Waals surface area contributed by atoms with E-state index in [0.29, 0.717) is 17.2 Å². The van der Waals surface area contributed by atoms with Crippen molar-refractivity contribution in [2.75, 3.05) is 11.9 Å². The third-order valence-electron chi connectivity index (χ3n) is 7.46. The van der Waals surface area contributed by atoms with Gasteiger partial charge in [-0.05, 0) is 50.7 Å². The van der Waals surface area contributed by atoms with Crippen LogP contribution in [-0.2, 0) is 16.2 Å². The summed E-state index contributed by atoms with van der Waals surface area (Å²) in [6.45, 7) is 6.42. The van der Waals surface area contributed by atoms with Crippen molar-refractivity contribution in [3.63, 3.8) is 0 Å². The largest absolute Gasteiger partial charge is 0.480 e. The van der Waals surface area contributed by atoms with Crippen LogP contribution in [0.4, 0.5) is 14.5 Å². The zero-order chi connectivity index (χ0) is 31.4. The molecule has 3 N–H and O–H groups in total. The Balaban J connectivity index is 1.33. The zero-order valence-corrected chi connectivity index (χ0v) is 25.4. The van der Waals surface area contributed by atoms with Crippen LogP contribution in [0.2, 0.25) is 0 Å². The van der Waals surface area contributed by atoms with Crippen LogP contribution in [-0.4, -0.2) is 65.3 Å². The first-order chi connectivity index (χ1) is 21.1. The third kappa shape index (κ3) is 7.17. The second kappa shape index (κ2) is 13.7. The van der Waals surface area contributed by atoms with Gasteiger partial charge >= 0.3 is 5.97 Å². The summed E-state index contributed by atoms with van der Waals surface area (Å²) in [6, 6.07) is 1.17. The van der Waals surface area contributed by atoms with E-state index in [2.05, 4.69) is 30.8 Å². The summed E-state index contributed by atoms with van der Waals surface area (Å²) in [7, 11) is 0. The van der Waals surface area contributed by atoms with Gasteiger partial charge in [0.15, 0.2) is 5.82 Å². The van der Waals surface area contributed by atoms with Crippen molar-refractivity contribution < 1.29 is 28.2 Å². The molecule has 0 radical (unpaired) electrons. The molecule has 1 atom stereocenters. The second-order valence-electron chi connectivity index (χ2n) is 10.9. The SMILES string of the molecule is CCO[C@H]1CC[C@H](n2cc(NC(=O)c3csc(-c4cnn(CN[C@H](C(=O)O)C(C)C)c4)n3)c(-c3nc(F)ccc3F)n2)CC1. The summed E-state index contributed by atoms with van der Waals surface area (Å²) >= 11 is 1.23. The van der Waals surface area contributed by atoms with Gasteiger partial charge in [0.05, 0.1) is 30.7 Å². The molecule has 4 aromatic heterocycles. The van der Waals surface area contributed by atoms with Gasteiger partial charge in [-0.1, -0.05) is 13.8 Å². The van der Waals surface area contributed by atoms with Crippen molar-refractivity contribution in [2.45, 2.75) is 71.3 Å². The lowest BCUT2D eigenvalue weighted by Crippen LogP contribution is -2.41. The topological polar surface area (TPSA) is 149 Å². The molecule has 0 bridgehead atoms. The average Bonchev–Trinajstić information content (AvgIpc) is 3.75. The Morgan fingerprint density at radius 2 is 1.91 bits per heavy atom. The van der Waals surface area contributed by atoms with Gasteiger partial charge in [-0.2, -0.15) is 14.6 Å². The first-order valence-electron chi connectivity index (χ1n) is 14.4. The molecule has 0 aromatic carbocycles. The number of anilines is 1. The molecule has 1 saturated carbocycles. The van der Waals surface area contributed by atoms with Crippen molar-refractivity contribution in [1.29, 1.82) is 0 Å². The van der Waals surface area contributed by atoms with Crippen molar-refractivity contribution >= 4 is 28.9 Å². The fourth-order valence-corrected chi connectivity index (χ4v) is 5.97. The molecular weight excluding hydrogens is 594 g/mol. The minimum Gasteiger partial charge on any atom is -0.480 e. The van der Waals surface area contributed by atoms with Crippen LogP contribution in [0.15, 0.2) is 36.1 Å². The zero-order valence-electron chi connectivity index (χ0n) is 24.5. The third-order valence-corrected chi connectivity index (χ3v) is 8.35. The van der Waals surface area contributed by atoms with E-state index in [-0.39, 0.29) is 47.5 Å². The van der Waals surface area contributed by atoms with Crippen LogP contribution in [0.1, 0.15) is 63.0 Å². The van der Waals surface area contributed by atoms with Crippen LogP contribution >= 0.6 is 11.3 Å². The number of hydrogen-bond acceptors (Lipinski definition) is 9. The Morgan fingerprint density at radius 3 is 2.61 bits per heavy atom. The number of carbonyl (C=O) groups excluding carboxylic acids is 1. The molecule has 0 aliphatic heterocycles. The lowest BCUT2D eigenvalue weighted by molar-refractivity contribution is -0.140. The molecule has 1 amide bonds. The van der Waals surface area contributed by atoms with Gasteiger partial charge in [-0.25, -0.2) is 14.4 Å². The van der Waals surface area contributed by atoms with Gasteiger partial charge in [-0.15, -0.1) is 11.3 Å². The number of aromatic nitrogens is 6. The molecule has 1 aliphatic carbocycles. The molecule has 4 aromatic rings. The first kappa shape index (κ1) is 31.3. The van der Waals surface area contributed by atoms with Crippen molar-refractivity contribution in [1.82, 2.24) is 34.8 Å². The number of ether oxygens (including phenoxy) is 1. The van der Waals surface area contributed by atoms with Gasteiger partial charge in [-0.3, -0.25) is 24.3 Å². The average molecular weight is 629 g/mol. The van der Waals surface area contributed by atoms with E-state index in [0.717, 1.165) is 37.8 Å². The quantitative estimate of drug-likeness (QED) is 0.185. The molecular formula is C29H34F2N8O4S. The molecule has 12 nitrogen and oxygen atoms in total. The number of pyridine rings is 1. The van der Waals surface area contributed by atoms with Gasteiger partial charge < -0.3 is 15.2 Å². The van der Waals surface area contributed by atoms with Gasteiger partial charge in [0.25, 0.3) is 5.91 Å². The Morgan fingerprint density at radius 1 is 1.14 bits per heavy atom. The minimum absolute atomic E-state index is 0.00375. The summed E-state index contributed by atoms with van der Waals surface area (Å²) < 4.78 is 37.8. The summed E-state index contributed by atoms with van der Waals surface area (Å²) in [6.07, 6.45) is 8.33. The summed E-state index contributed by atoms with van der Waals surface area (Å²) in [5.41, 5.74) is 0.669. The Hall–Kier alpha value is -4.08. The maximum Gasteiger partial charge on any atom is 0.321 e. The number of carboxylic acid groups (broad SMARTS) is 1. The van der Waals surface area contributed by atoms with E-state index >= 15 is 0 Å². The highest BCUT2D eigenvalue weighted by molar-refractivity contribution is 7.13. The van der Waals surface area contributed by atoms with Crippen molar-refractivity contribution in [2.24, 2.45) is 5.92 Å². The van der Waals surface area contributed by atoms with Crippen LogP contribution in [0.25, 0.3) is 22.0 Å². The Bertz CT molecular complexity index is 1610. The predicted octanol–water partition coefficient (Wildman–Crippen LogP) is 4.97. The van der Waals surface area contributed by atoms with Gasteiger partial charge in [0.2, 0.25) is 5.95 Å². The fourth-order valence-electron chi connectivity index (χ4n) is 5.20. The van der Waals surface area contributed by atoms with Gasteiger partial charge in [0.1, 0.15) is 28.1 Å². The number of nitrogens with one attached hydrogen (secondary N) is 2. The lowest BCUT2D eigenvalue weighted by atomic mass is 9.93. The molecule has 5 rings (SSSR count). The number of nitrogens with zero attached hydrogens (tertiary/aromatic N) is 6. The van der Waals surface area contributed by atoms with Crippen LogP contribution in [0.5, 0.6) is 0 Å². The highest BCUT2D eigenvalue weighted by Gasteiger charge is 2.27. The molecule has 0 saturated heterocycles. The number of thiazole rings is 1. The maximum atomic E-state index is 14.8. The molecule has 1 fully saturated rings. The van der Waals surface area contributed by atoms with E-state index in [4.69, 9.17) is 4.74 Å². The Kier molecular flexibility index (Phi) is 9.76. The molecule has 15 heteroatoms. The monoisotopic (exact) mass is 628 g/mol. The van der Waals surface area contributed by atoms with E-state index < -0.39 is 29.7 Å². The van der Waals surface area contributed by atoms with E-state index in [9.17, 15) is 23.5 Å². The number of rotatable bonds is 12. The standard InChI is InChI=1S/C29H34F2N8O4S/c1-4-43-19-7-5-18(6-8-19)39-13-21(26(37-39)25-20(30)9-10-23(31)36-25)34-27(40)22-14-44-28(35-22)17-11-33-38(12-17)15-32-24(16(2)3)29(41)42/h9-14,16,18-19,24,32H,4-8,15H2,1-3H3,(H,34,40)(H,41,42)/t18-,19-,24-/m0/s1. The van der Waals surface area contributed by atoms with E-state index in [1.165, 1.54) is 11.3 Å². The normalized spacial score (nSPS) is 17.6. The van der Waals surface area contributed by atoms with Crippen LogP contribution < -0.4 is 10.6 Å². The summed E-state index contributed by atoms with van der Waals surface area (Å²) in [5.74, 6) is -3.24. The van der Waals surface area contributed by atoms with Crippen molar-refractivity contribution in [3.8, 4) is 22.0 Å². The highest BCUT2D eigenvalue weighted by Crippen LogP contribution is 2.34. The lowest BCUT2D eigenvalue weighted by Gasteiger charge is -2.28. The first-order valence-corrected chi connectivity index (χ1v) is 15.3. The van der Waals surface area contributed by atoms with Crippen LogP contribution in [0.3, 0.4) is 0 Å². The number of carboxylic acids is 1. The smallest absolute Gasteiger partial charge is 0.321 e. The number of amides is 1. The summed E-state index contributed by atoms with van der Waals surface area (Å²) in [5, 5.41) is 26.0. The molecule has 234 valence electrons. The van der Waals surface area contributed by atoms with Crippen LogP contribution in [0, 0.1) is 17.7 Å². The van der Waals surface area contributed by atoms with Crippen molar-refractivity contribution in [3.05, 3.63) is 53.6 Å². The highest BCUT2D eigenvalue weighted by atomic mass is 32.1. The maximum absolute atomic E-state index is 14.8. The van der Waals surface area contributed by atoms with E-state index in [1.54, 1.807) is 33.3 Å². The molecule has 0 unspecified atom stereocenters. The second-order valence-corrected chi connectivity index (χ2v) is 11.8. The number of aliphatic carboxylic acids is 1. The molecule has 4 heterocycles. The fraction of sp³-hybridized carbons (Fsp3) is 0.448. The van der Waals surface area contributed by atoms with E-state index in [1.807, 2.05) is 20.8 Å². The predicted molar refractivity (Wildman–Crippen MR) is 159 cm³/mol. The Labute approximate surface area is 256 Å². The number of halogens is 2. The number of hydrogen-bond donors (Lipinski definition) is 3. The number of carbonyl (C=O) groups is 2. The summed E-state index contributed by atoms with van der Waals surface area (Å²) in [4.78, 5) is 32.9. The van der Waals surface area contributed by atoms with Gasteiger partial charge in [0, 0.05) is 29.9 Å². The molecule has 1 aliphatic rings. The molecule has 0 spiro atoms.